The largest absolute Gasteiger partial charge is 0.354 e. The minimum atomic E-state index is -0.868. The van der Waals surface area contributed by atoms with Crippen molar-refractivity contribution in [2.75, 3.05) is 16.8 Å². The molecule has 0 unspecified atom stereocenters. The standard InChI is InChI=1S/C18H22FN5O2/c1-3-5-13-11-17(23-9-4-6-12(23)2)22-18(20-13)21-14-7-8-15(19)16(10-14)24(25)26/h7-8,10-12H,3-6,9H2,1-2H3,(H,20,21,22)/t12-/m0/s1. The molecule has 1 atom stereocenters. The van der Waals surface area contributed by atoms with Crippen LogP contribution in [0, 0.1) is 15.9 Å². The Labute approximate surface area is 151 Å². The molecule has 0 saturated carbocycles. The van der Waals surface area contributed by atoms with Crippen molar-refractivity contribution < 1.29 is 9.31 Å². The summed E-state index contributed by atoms with van der Waals surface area (Å²) >= 11 is 0. The molecule has 1 aliphatic heterocycles. The molecule has 7 nitrogen and oxygen atoms in total. The third kappa shape index (κ3) is 3.89. The van der Waals surface area contributed by atoms with Gasteiger partial charge in [0.25, 0.3) is 0 Å². The van der Waals surface area contributed by atoms with Gasteiger partial charge in [-0.3, -0.25) is 10.1 Å². The molecule has 0 bridgehead atoms. The number of halogens is 1. The van der Waals surface area contributed by atoms with Crippen LogP contribution < -0.4 is 10.2 Å². The van der Waals surface area contributed by atoms with Crippen LogP contribution in [-0.4, -0.2) is 27.5 Å². The molecule has 0 amide bonds. The first kappa shape index (κ1) is 18.0. The Kier molecular flexibility index (Phi) is 5.29. The van der Waals surface area contributed by atoms with Gasteiger partial charge in [0.1, 0.15) is 5.82 Å². The fourth-order valence-electron chi connectivity index (χ4n) is 3.20. The maximum absolute atomic E-state index is 13.5. The number of rotatable bonds is 6. The molecule has 8 heteroatoms. The van der Waals surface area contributed by atoms with Crippen molar-refractivity contribution >= 4 is 23.1 Å². The quantitative estimate of drug-likeness (QED) is 0.614. The Morgan fingerprint density at radius 2 is 2.19 bits per heavy atom. The molecular weight excluding hydrogens is 337 g/mol. The Morgan fingerprint density at radius 3 is 2.85 bits per heavy atom. The van der Waals surface area contributed by atoms with E-state index in [1.54, 1.807) is 0 Å². The average molecular weight is 359 g/mol. The number of aryl methyl sites for hydroxylation is 1. The molecular formula is C18H22FN5O2. The van der Waals surface area contributed by atoms with Gasteiger partial charge in [0.05, 0.1) is 4.92 Å². The molecule has 1 saturated heterocycles. The van der Waals surface area contributed by atoms with Gasteiger partial charge < -0.3 is 10.2 Å². The number of benzene rings is 1. The summed E-state index contributed by atoms with van der Waals surface area (Å²) in [6.45, 7) is 5.20. The minimum Gasteiger partial charge on any atom is -0.354 e. The molecule has 26 heavy (non-hydrogen) atoms. The van der Waals surface area contributed by atoms with Gasteiger partial charge in [0, 0.05) is 36.1 Å². The molecule has 1 aromatic heterocycles. The van der Waals surface area contributed by atoms with Crippen molar-refractivity contribution in [2.45, 2.75) is 45.6 Å². The van der Waals surface area contributed by atoms with Crippen LogP contribution in [0.2, 0.25) is 0 Å². The van der Waals surface area contributed by atoms with Crippen molar-refractivity contribution in [2.24, 2.45) is 0 Å². The minimum absolute atomic E-state index is 0.367. The van der Waals surface area contributed by atoms with Crippen molar-refractivity contribution in [3.63, 3.8) is 0 Å². The number of nitro groups is 1. The summed E-state index contributed by atoms with van der Waals surface area (Å²) in [5.41, 5.74) is 0.719. The highest BCUT2D eigenvalue weighted by atomic mass is 19.1. The second-order valence-corrected chi connectivity index (χ2v) is 6.52. The third-order valence-corrected chi connectivity index (χ3v) is 4.52. The van der Waals surface area contributed by atoms with E-state index < -0.39 is 16.4 Å². The van der Waals surface area contributed by atoms with Gasteiger partial charge in [0.2, 0.25) is 11.8 Å². The molecule has 1 fully saturated rings. The van der Waals surface area contributed by atoms with Crippen LogP contribution in [0.25, 0.3) is 0 Å². The highest BCUT2D eigenvalue weighted by Gasteiger charge is 2.23. The van der Waals surface area contributed by atoms with Gasteiger partial charge in [-0.1, -0.05) is 13.3 Å². The summed E-state index contributed by atoms with van der Waals surface area (Å²) in [5.74, 6) is 0.353. The summed E-state index contributed by atoms with van der Waals surface area (Å²) in [6, 6.07) is 6.09. The lowest BCUT2D eigenvalue weighted by molar-refractivity contribution is -0.387. The van der Waals surface area contributed by atoms with Gasteiger partial charge >= 0.3 is 5.69 Å². The zero-order valence-electron chi connectivity index (χ0n) is 14.9. The second kappa shape index (κ2) is 7.63. The summed E-state index contributed by atoms with van der Waals surface area (Å²) in [6.07, 6.45) is 4.02. The molecule has 138 valence electrons. The monoisotopic (exact) mass is 359 g/mol. The van der Waals surface area contributed by atoms with E-state index in [-0.39, 0.29) is 0 Å². The third-order valence-electron chi connectivity index (χ3n) is 4.52. The van der Waals surface area contributed by atoms with Gasteiger partial charge in [-0.2, -0.15) is 9.37 Å². The number of aromatic nitrogens is 2. The van der Waals surface area contributed by atoms with Gasteiger partial charge in [-0.25, -0.2) is 4.98 Å². The normalized spacial score (nSPS) is 16.7. The molecule has 2 heterocycles. The van der Waals surface area contributed by atoms with E-state index in [2.05, 4.69) is 34.0 Å². The predicted octanol–water partition coefficient (Wildman–Crippen LogP) is 4.21. The van der Waals surface area contributed by atoms with E-state index >= 15 is 0 Å². The van der Waals surface area contributed by atoms with Crippen LogP contribution in [-0.2, 0) is 6.42 Å². The Bertz CT molecular complexity index is 814. The van der Waals surface area contributed by atoms with Crippen LogP contribution in [0.15, 0.2) is 24.3 Å². The van der Waals surface area contributed by atoms with E-state index in [1.807, 2.05) is 6.07 Å². The highest BCUT2D eigenvalue weighted by molar-refractivity contribution is 5.59. The van der Waals surface area contributed by atoms with Gasteiger partial charge in [0.15, 0.2) is 0 Å². The second-order valence-electron chi connectivity index (χ2n) is 6.52. The van der Waals surface area contributed by atoms with Gasteiger partial charge in [-0.05, 0) is 38.3 Å². The van der Waals surface area contributed by atoms with Crippen LogP contribution in [0.5, 0.6) is 0 Å². The van der Waals surface area contributed by atoms with E-state index in [0.717, 1.165) is 55.9 Å². The first-order valence-electron chi connectivity index (χ1n) is 8.83. The Hall–Kier alpha value is -2.77. The van der Waals surface area contributed by atoms with Crippen LogP contribution in [0.1, 0.15) is 38.8 Å². The fourth-order valence-corrected chi connectivity index (χ4v) is 3.20. The lowest BCUT2D eigenvalue weighted by Crippen LogP contribution is -2.27. The summed E-state index contributed by atoms with van der Waals surface area (Å²) in [4.78, 5) is 21.5. The van der Waals surface area contributed by atoms with Crippen molar-refractivity contribution in [3.8, 4) is 0 Å². The van der Waals surface area contributed by atoms with E-state index in [4.69, 9.17) is 0 Å². The zero-order valence-corrected chi connectivity index (χ0v) is 14.9. The first-order valence-corrected chi connectivity index (χ1v) is 8.83. The lowest BCUT2D eigenvalue weighted by Gasteiger charge is -2.23. The van der Waals surface area contributed by atoms with Crippen molar-refractivity contribution in [1.29, 1.82) is 0 Å². The van der Waals surface area contributed by atoms with Crippen molar-refractivity contribution in [3.05, 3.63) is 45.9 Å². The molecule has 0 spiro atoms. The number of nitro benzene ring substituents is 1. The number of nitrogens with zero attached hydrogens (tertiary/aromatic N) is 4. The predicted molar refractivity (Wildman–Crippen MR) is 98.4 cm³/mol. The Morgan fingerprint density at radius 1 is 1.38 bits per heavy atom. The summed E-state index contributed by atoms with van der Waals surface area (Å²) < 4.78 is 13.5. The lowest BCUT2D eigenvalue weighted by atomic mass is 10.2. The topological polar surface area (TPSA) is 84.2 Å². The molecule has 0 aliphatic carbocycles. The molecule has 2 aromatic rings. The average Bonchev–Trinajstić information content (AvgIpc) is 3.02. The van der Waals surface area contributed by atoms with E-state index in [9.17, 15) is 14.5 Å². The molecule has 0 radical (unpaired) electrons. The molecule has 1 aliphatic rings. The summed E-state index contributed by atoms with van der Waals surface area (Å²) in [5, 5.41) is 13.9. The number of hydrogen-bond acceptors (Lipinski definition) is 6. The van der Waals surface area contributed by atoms with Crippen LogP contribution >= 0.6 is 0 Å². The zero-order chi connectivity index (χ0) is 18.7. The molecule has 3 rings (SSSR count). The van der Waals surface area contributed by atoms with E-state index in [0.29, 0.717) is 17.7 Å². The molecule has 1 aromatic carbocycles. The maximum atomic E-state index is 13.5. The van der Waals surface area contributed by atoms with Crippen LogP contribution in [0.3, 0.4) is 0 Å². The summed E-state index contributed by atoms with van der Waals surface area (Å²) in [7, 11) is 0. The first-order chi connectivity index (χ1) is 12.5. The maximum Gasteiger partial charge on any atom is 0.306 e. The number of nitrogens with one attached hydrogen (secondary N) is 1. The van der Waals surface area contributed by atoms with Gasteiger partial charge in [-0.15, -0.1) is 0 Å². The number of anilines is 3. The molecule has 1 N–H and O–H groups in total. The number of hydrogen-bond donors (Lipinski definition) is 1. The Balaban J connectivity index is 1.92. The van der Waals surface area contributed by atoms with Crippen LogP contribution in [0.4, 0.5) is 27.5 Å². The van der Waals surface area contributed by atoms with Crippen molar-refractivity contribution in [1.82, 2.24) is 9.97 Å². The smallest absolute Gasteiger partial charge is 0.306 e. The fraction of sp³-hybridized carbons (Fsp3) is 0.444. The SMILES string of the molecule is CCCc1cc(N2CCC[C@@H]2C)nc(Nc2ccc(F)c([N+](=O)[O-])c2)n1. The van der Waals surface area contributed by atoms with E-state index in [1.165, 1.54) is 6.07 Å². The highest BCUT2D eigenvalue weighted by Crippen LogP contribution is 2.27.